The van der Waals surface area contributed by atoms with Gasteiger partial charge in [-0.25, -0.2) is 0 Å². The molecule has 2 aliphatic heterocycles. The van der Waals surface area contributed by atoms with E-state index >= 15 is 0 Å². The summed E-state index contributed by atoms with van der Waals surface area (Å²) in [7, 11) is 1.61. The molecule has 5 nitrogen and oxygen atoms in total. The van der Waals surface area contributed by atoms with E-state index in [1.54, 1.807) is 12.0 Å². The van der Waals surface area contributed by atoms with Crippen molar-refractivity contribution >= 4 is 35.0 Å². The third-order valence-electron chi connectivity index (χ3n) is 5.39. The van der Waals surface area contributed by atoms with Crippen molar-refractivity contribution in [3.8, 4) is 11.8 Å². The summed E-state index contributed by atoms with van der Waals surface area (Å²) in [6.07, 6.45) is 0.246. The molecule has 0 N–H and O–H groups in total. The Labute approximate surface area is 179 Å². The number of hydrogen-bond acceptors (Lipinski definition) is 5. The number of methoxy groups -OCH3 is 1. The van der Waals surface area contributed by atoms with Crippen LogP contribution in [0.5, 0.6) is 5.75 Å². The van der Waals surface area contributed by atoms with Crippen LogP contribution in [0.2, 0.25) is 5.02 Å². The second kappa shape index (κ2) is 8.02. The Morgan fingerprint density at radius 1 is 1.24 bits per heavy atom. The van der Waals surface area contributed by atoms with E-state index in [-0.39, 0.29) is 18.2 Å². The fourth-order valence-corrected chi connectivity index (χ4v) is 5.20. The number of amides is 1. The Balaban J connectivity index is 1.71. The first-order chi connectivity index (χ1) is 14.0. The molecule has 2 aromatic rings. The molecule has 1 amide bonds. The molecule has 29 heavy (non-hydrogen) atoms. The molecule has 4 rings (SSSR count). The predicted octanol–water partition coefficient (Wildman–Crippen LogP) is 4.88. The SMILES string of the molecule is COc1ccccc1[C@@H]1CC(=O)N2CN(c3cccc(Cl)c3C)CSC2=C1C#N. The van der Waals surface area contributed by atoms with E-state index in [1.807, 2.05) is 49.4 Å². The average molecular weight is 426 g/mol. The summed E-state index contributed by atoms with van der Waals surface area (Å²) >= 11 is 7.80. The van der Waals surface area contributed by atoms with Crippen LogP contribution in [0.25, 0.3) is 0 Å². The Bertz CT molecular complexity index is 1050. The number of nitrogens with zero attached hydrogens (tertiary/aromatic N) is 3. The molecule has 0 saturated carbocycles. The lowest BCUT2D eigenvalue weighted by Crippen LogP contribution is -2.47. The van der Waals surface area contributed by atoms with Crippen LogP contribution in [0.1, 0.15) is 23.5 Å². The van der Waals surface area contributed by atoms with Gasteiger partial charge in [0, 0.05) is 28.6 Å². The van der Waals surface area contributed by atoms with Gasteiger partial charge in [0.05, 0.1) is 36.3 Å². The molecule has 1 atom stereocenters. The first-order valence-corrected chi connectivity index (χ1v) is 10.6. The zero-order chi connectivity index (χ0) is 20.5. The molecular formula is C22H20ClN3O2S. The predicted molar refractivity (Wildman–Crippen MR) is 116 cm³/mol. The van der Waals surface area contributed by atoms with E-state index in [1.165, 1.54) is 11.8 Å². The highest BCUT2D eigenvalue weighted by Gasteiger charge is 2.39. The van der Waals surface area contributed by atoms with Gasteiger partial charge in [0.15, 0.2) is 0 Å². The minimum absolute atomic E-state index is 0.00628. The van der Waals surface area contributed by atoms with Gasteiger partial charge in [-0.05, 0) is 30.7 Å². The molecule has 1 fully saturated rings. The van der Waals surface area contributed by atoms with Crippen molar-refractivity contribution < 1.29 is 9.53 Å². The lowest BCUT2D eigenvalue weighted by atomic mass is 9.86. The highest BCUT2D eigenvalue weighted by molar-refractivity contribution is 8.03. The van der Waals surface area contributed by atoms with Gasteiger partial charge in [-0.2, -0.15) is 5.26 Å². The normalized spacial score (nSPS) is 19.1. The molecule has 2 aliphatic rings. The monoisotopic (exact) mass is 425 g/mol. The Kier molecular flexibility index (Phi) is 5.44. The second-order valence-corrected chi connectivity index (χ2v) is 8.33. The molecule has 2 heterocycles. The standard InChI is InChI=1S/C22H20ClN3O2S/c1-14-18(23)7-5-8-19(14)25-12-26-21(27)10-16(17(11-24)22(26)29-13-25)15-6-3-4-9-20(15)28-2/h3-9,16H,10,12-13H2,1-2H3/t16-/m0/s1. The average Bonchev–Trinajstić information content (AvgIpc) is 2.75. The molecule has 0 radical (unpaired) electrons. The number of thioether (sulfide) groups is 1. The van der Waals surface area contributed by atoms with Crippen molar-refractivity contribution in [3.05, 3.63) is 69.2 Å². The minimum atomic E-state index is -0.290. The van der Waals surface area contributed by atoms with Crippen molar-refractivity contribution in [1.82, 2.24) is 4.90 Å². The van der Waals surface area contributed by atoms with Crippen LogP contribution in [-0.2, 0) is 4.79 Å². The highest BCUT2D eigenvalue weighted by atomic mass is 35.5. The van der Waals surface area contributed by atoms with Gasteiger partial charge >= 0.3 is 0 Å². The zero-order valence-corrected chi connectivity index (χ0v) is 17.8. The lowest BCUT2D eigenvalue weighted by molar-refractivity contribution is -0.129. The van der Waals surface area contributed by atoms with Crippen molar-refractivity contribution in [1.29, 1.82) is 5.26 Å². The molecule has 0 aliphatic carbocycles. The van der Waals surface area contributed by atoms with Crippen molar-refractivity contribution in [2.75, 3.05) is 24.6 Å². The van der Waals surface area contributed by atoms with Gasteiger partial charge < -0.3 is 9.64 Å². The first kappa shape index (κ1) is 19.7. The highest BCUT2D eigenvalue weighted by Crippen LogP contribution is 2.45. The van der Waals surface area contributed by atoms with Crippen molar-refractivity contribution in [2.45, 2.75) is 19.3 Å². The van der Waals surface area contributed by atoms with Crippen LogP contribution in [0.4, 0.5) is 5.69 Å². The maximum Gasteiger partial charge on any atom is 0.229 e. The van der Waals surface area contributed by atoms with E-state index < -0.39 is 0 Å². The Morgan fingerprint density at radius 3 is 2.79 bits per heavy atom. The maximum absolute atomic E-state index is 13.1. The van der Waals surface area contributed by atoms with E-state index in [0.29, 0.717) is 28.9 Å². The van der Waals surface area contributed by atoms with Crippen LogP contribution in [-0.4, -0.2) is 30.5 Å². The zero-order valence-electron chi connectivity index (χ0n) is 16.2. The lowest BCUT2D eigenvalue weighted by Gasteiger charge is -2.42. The Hall–Kier alpha value is -2.62. The van der Waals surface area contributed by atoms with Crippen LogP contribution in [0.15, 0.2) is 53.1 Å². The smallest absolute Gasteiger partial charge is 0.229 e. The van der Waals surface area contributed by atoms with Gasteiger partial charge in [0.25, 0.3) is 0 Å². The number of allylic oxidation sites excluding steroid dienone is 1. The molecule has 0 unspecified atom stereocenters. The number of para-hydroxylation sites is 1. The van der Waals surface area contributed by atoms with Crippen LogP contribution in [0.3, 0.4) is 0 Å². The van der Waals surface area contributed by atoms with Crippen LogP contribution in [0, 0.1) is 18.3 Å². The molecule has 0 bridgehead atoms. The molecule has 0 aromatic heterocycles. The molecule has 2 aromatic carbocycles. The number of carbonyl (C=O) groups is 1. The van der Waals surface area contributed by atoms with Gasteiger partial charge in [0.1, 0.15) is 5.75 Å². The quantitative estimate of drug-likeness (QED) is 0.701. The van der Waals surface area contributed by atoms with Gasteiger partial charge in [-0.15, -0.1) is 0 Å². The number of rotatable bonds is 3. The molecule has 0 spiro atoms. The fourth-order valence-electron chi connectivity index (χ4n) is 3.87. The Morgan fingerprint density at radius 2 is 2.03 bits per heavy atom. The number of nitriles is 1. The van der Waals surface area contributed by atoms with Gasteiger partial charge in [-0.3, -0.25) is 9.69 Å². The summed E-state index contributed by atoms with van der Waals surface area (Å²) in [6, 6.07) is 15.7. The van der Waals surface area contributed by atoms with Gasteiger partial charge in [0.2, 0.25) is 5.91 Å². The van der Waals surface area contributed by atoms with Crippen LogP contribution >= 0.6 is 23.4 Å². The second-order valence-electron chi connectivity index (χ2n) is 6.99. The third-order valence-corrected chi connectivity index (χ3v) is 6.95. The summed E-state index contributed by atoms with van der Waals surface area (Å²) in [4.78, 5) is 16.9. The maximum atomic E-state index is 13.1. The molecule has 1 saturated heterocycles. The number of benzene rings is 2. The molecule has 148 valence electrons. The van der Waals surface area contributed by atoms with Crippen molar-refractivity contribution in [2.24, 2.45) is 0 Å². The van der Waals surface area contributed by atoms with E-state index in [2.05, 4.69) is 11.0 Å². The number of carbonyl (C=O) groups excluding carboxylic acids is 1. The number of ether oxygens (including phenoxy) is 1. The van der Waals surface area contributed by atoms with Crippen molar-refractivity contribution in [3.63, 3.8) is 0 Å². The van der Waals surface area contributed by atoms with E-state index in [0.717, 1.165) is 21.8 Å². The molecule has 7 heteroatoms. The largest absolute Gasteiger partial charge is 0.496 e. The summed E-state index contributed by atoms with van der Waals surface area (Å²) in [5, 5.41) is 11.4. The minimum Gasteiger partial charge on any atom is -0.496 e. The number of hydrogen-bond donors (Lipinski definition) is 0. The summed E-state index contributed by atoms with van der Waals surface area (Å²) in [5.74, 6) is 1.06. The molecular weight excluding hydrogens is 406 g/mol. The summed E-state index contributed by atoms with van der Waals surface area (Å²) in [6.45, 7) is 2.39. The summed E-state index contributed by atoms with van der Waals surface area (Å²) in [5.41, 5.74) is 3.49. The van der Waals surface area contributed by atoms with Crippen LogP contribution < -0.4 is 9.64 Å². The van der Waals surface area contributed by atoms with E-state index in [9.17, 15) is 10.1 Å². The first-order valence-electron chi connectivity index (χ1n) is 9.25. The van der Waals surface area contributed by atoms with E-state index in [4.69, 9.17) is 16.3 Å². The number of fused-ring (bicyclic) bond motifs is 1. The van der Waals surface area contributed by atoms with Gasteiger partial charge in [-0.1, -0.05) is 47.6 Å². The fraction of sp³-hybridized carbons (Fsp3) is 0.273. The topological polar surface area (TPSA) is 56.6 Å². The summed E-state index contributed by atoms with van der Waals surface area (Å²) < 4.78 is 5.48. The number of halogens is 1. The number of anilines is 1. The third kappa shape index (κ3) is 3.45.